The molecule has 2 N–H and O–H groups in total. The van der Waals surface area contributed by atoms with Crippen molar-refractivity contribution >= 4 is 11.9 Å². The van der Waals surface area contributed by atoms with Crippen LogP contribution in [0.15, 0.2) is 39.4 Å². The summed E-state index contributed by atoms with van der Waals surface area (Å²) in [6.45, 7) is 0.217. The van der Waals surface area contributed by atoms with Gasteiger partial charge in [-0.1, -0.05) is 0 Å². The number of carbonyl (C=O) groups excluding carboxylic acids is 1. The molecule has 88 valence electrons. The molecule has 0 radical (unpaired) electrons. The number of hydrogen-bond donors (Lipinski definition) is 2. The number of rotatable bonds is 4. The van der Waals surface area contributed by atoms with Gasteiger partial charge in [0.05, 0.1) is 12.8 Å². The third-order valence-electron chi connectivity index (χ3n) is 2.04. The van der Waals surface area contributed by atoms with Gasteiger partial charge in [0.25, 0.3) is 5.91 Å². The molecule has 2 heterocycles. The van der Waals surface area contributed by atoms with Gasteiger partial charge >= 0.3 is 5.97 Å². The van der Waals surface area contributed by atoms with E-state index < -0.39 is 11.9 Å². The van der Waals surface area contributed by atoms with E-state index in [0.717, 1.165) is 0 Å². The van der Waals surface area contributed by atoms with Gasteiger partial charge in [0.1, 0.15) is 5.76 Å². The van der Waals surface area contributed by atoms with E-state index in [0.29, 0.717) is 5.76 Å². The molecule has 0 unspecified atom stereocenters. The smallest absolute Gasteiger partial charge is 0.371 e. The van der Waals surface area contributed by atoms with Gasteiger partial charge < -0.3 is 19.3 Å². The molecular weight excluding hydrogens is 226 g/mol. The van der Waals surface area contributed by atoms with Crippen molar-refractivity contribution in [3.8, 4) is 0 Å². The lowest BCUT2D eigenvalue weighted by Crippen LogP contribution is -2.21. The van der Waals surface area contributed by atoms with E-state index in [1.54, 1.807) is 12.1 Å². The Labute approximate surface area is 95.8 Å². The Morgan fingerprint density at radius 1 is 1.24 bits per heavy atom. The fourth-order valence-electron chi connectivity index (χ4n) is 1.24. The molecule has 6 nitrogen and oxygen atoms in total. The Kier molecular flexibility index (Phi) is 2.95. The van der Waals surface area contributed by atoms with Crippen LogP contribution in [-0.2, 0) is 6.54 Å². The van der Waals surface area contributed by atoms with Gasteiger partial charge in [0, 0.05) is 0 Å². The van der Waals surface area contributed by atoms with Crippen LogP contribution in [0.5, 0.6) is 0 Å². The van der Waals surface area contributed by atoms with E-state index in [9.17, 15) is 9.59 Å². The molecular formula is C11H9NO5. The number of hydrogen-bond acceptors (Lipinski definition) is 4. The van der Waals surface area contributed by atoms with Crippen molar-refractivity contribution < 1.29 is 23.5 Å². The fourth-order valence-corrected chi connectivity index (χ4v) is 1.24. The zero-order chi connectivity index (χ0) is 12.3. The zero-order valence-electron chi connectivity index (χ0n) is 8.67. The lowest BCUT2D eigenvalue weighted by Gasteiger charge is -1.99. The van der Waals surface area contributed by atoms with E-state index in [2.05, 4.69) is 5.32 Å². The summed E-state index contributed by atoms with van der Waals surface area (Å²) >= 11 is 0. The largest absolute Gasteiger partial charge is 0.475 e. The Morgan fingerprint density at radius 3 is 2.59 bits per heavy atom. The number of nitrogens with one attached hydrogen (secondary N) is 1. The maximum Gasteiger partial charge on any atom is 0.371 e. The van der Waals surface area contributed by atoms with Crippen molar-refractivity contribution in [3.05, 3.63) is 47.8 Å². The number of amides is 1. The first kappa shape index (κ1) is 11.0. The minimum Gasteiger partial charge on any atom is -0.475 e. The second-order valence-electron chi connectivity index (χ2n) is 3.23. The van der Waals surface area contributed by atoms with E-state index in [1.807, 2.05) is 0 Å². The molecule has 0 atom stereocenters. The molecule has 0 fully saturated rings. The summed E-state index contributed by atoms with van der Waals surface area (Å²) in [5.41, 5.74) is 0. The SMILES string of the molecule is O=C(O)c1ccc(C(=O)NCc2ccco2)o1. The Balaban J connectivity index is 1.97. The van der Waals surface area contributed by atoms with Crippen LogP contribution in [0.2, 0.25) is 0 Å². The number of carboxylic acids is 1. The summed E-state index contributed by atoms with van der Waals surface area (Å²) in [4.78, 5) is 22.1. The third kappa shape index (κ3) is 2.54. The van der Waals surface area contributed by atoms with Crippen molar-refractivity contribution in [1.29, 1.82) is 0 Å². The second-order valence-corrected chi connectivity index (χ2v) is 3.23. The summed E-state index contributed by atoms with van der Waals surface area (Å²) in [7, 11) is 0. The van der Waals surface area contributed by atoms with E-state index in [4.69, 9.17) is 13.9 Å². The molecule has 2 aromatic heterocycles. The maximum atomic E-state index is 11.5. The first-order valence-electron chi connectivity index (χ1n) is 4.80. The minimum atomic E-state index is -1.21. The Hall–Kier alpha value is -2.50. The number of carboxylic acid groups (broad SMARTS) is 1. The van der Waals surface area contributed by atoms with E-state index in [-0.39, 0.29) is 18.1 Å². The molecule has 2 rings (SSSR count). The first-order chi connectivity index (χ1) is 8.16. The Bertz CT molecular complexity index is 526. The average molecular weight is 235 g/mol. The average Bonchev–Trinajstić information content (AvgIpc) is 2.96. The van der Waals surface area contributed by atoms with Crippen molar-refractivity contribution in [2.45, 2.75) is 6.54 Å². The highest BCUT2D eigenvalue weighted by molar-refractivity contribution is 5.93. The maximum absolute atomic E-state index is 11.5. The van der Waals surface area contributed by atoms with Gasteiger partial charge in [-0.05, 0) is 24.3 Å². The third-order valence-corrected chi connectivity index (χ3v) is 2.04. The molecule has 0 aliphatic carbocycles. The summed E-state index contributed by atoms with van der Waals surface area (Å²) in [5, 5.41) is 11.2. The molecule has 0 aliphatic rings. The van der Waals surface area contributed by atoms with Crippen LogP contribution in [0.3, 0.4) is 0 Å². The highest BCUT2D eigenvalue weighted by Gasteiger charge is 2.14. The van der Waals surface area contributed by atoms with Gasteiger partial charge in [-0.2, -0.15) is 0 Å². The van der Waals surface area contributed by atoms with Crippen LogP contribution in [0.4, 0.5) is 0 Å². The predicted octanol–water partition coefficient (Wildman–Crippen LogP) is 1.50. The first-order valence-corrected chi connectivity index (χ1v) is 4.80. The molecule has 0 spiro atoms. The van der Waals surface area contributed by atoms with Crippen LogP contribution in [0.1, 0.15) is 26.9 Å². The summed E-state index contributed by atoms with van der Waals surface area (Å²) < 4.78 is 9.86. The molecule has 0 aromatic carbocycles. The zero-order valence-corrected chi connectivity index (χ0v) is 8.67. The van der Waals surface area contributed by atoms with Gasteiger partial charge in [-0.15, -0.1) is 0 Å². The van der Waals surface area contributed by atoms with Crippen molar-refractivity contribution in [2.24, 2.45) is 0 Å². The van der Waals surface area contributed by atoms with Crippen molar-refractivity contribution in [2.75, 3.05) is 0 Å². The highest BCUT2D eigenvalue weighted by Crippen LogP contribution is 2.08. The van der Waals surface area contributed by atoms with Crippen LogP contribution in [0, 0.1) is 0 Å². The van der Waals surface area contributed by atoms with Crippen molar-refractivity contribution in [1.82, 2.24) is 5.32 Å². The molecule has 0 saturated heterocycles. The normalized spacial score (nSPS) is 10.1. The summed E-state index contributed by atoms with van der Waals surface area (Å²) in [5.74, 6) is -1.42. The number of furan rings is 2. The van der Waals surface area contributed by atoms with Crippen LogP contribution >= 0.6 is 0 Å². The molecule has 0 saturated carbocycles. The van der Waals surface area contributed by atoms with Gasteiger partial charge in [0.15, 0.2) is 5.76 Å². The van der Waals surface area contributed by atoms with Gasteiger partial charge in [-0.25, -0.2) is 4.79 Å². The monoisotopic (exact) mass is 235 g/mol. The quantitative estimate of drug-likeness (QED) is 0.837. The molecule has 6 heteroatoms. The van der Waals surface area contributed by atoms with Crippen molar-refractivity contribution in [3.63, 3.8) is 0 Å². The van der Waals surface area contributed by atoms with E-state index in [1.165, 1.54) is 18.4 Å². The van der Waals surface area contributed by atoms with Crippen LogP contribution in [-0.4, -0.2) is 17.0 Å². The molecule has 2 aromatic rings. The second kappa shape index (κ2) is 4.56. The highest BCUT2D eigenvalue weighted by atomic mass is 16.4. The fraction of sp³-hybridized carbons (Fsp3) is 0.0909. The molecule has 0 aliphatic heterocycles. The number of aromatic carboxylic acids is 1. The van der Waals surface area contributed by atoms with Gasteiger partial charge in [0.2, 0.25) is 5.76 Å². The van der Waals surface area contributed by atoms with E-state index >= 15 is 0 Å². The van der Waals surface area contributed by atoms with Crippen LogP contribution in [0.25, 0.3) is 0 Å². The number of carbonyl (C=O) groups is 2. The summed E-state index contributed by atoms with van der Waals surface area (Å²) in [6.07, 6.45) is 1.50. The Morgan fingerprint density at radius 2 is 2.00 bits per heavy atom. The lowest BCUT2D eigenvalue weighted by molar-refractivity contribution is 0.0659. The van der Waals surface area contributed by atoms with Crippen LogP contribution < -0.4 is 5.32 Å². The standard InChI is InChI=1S/C11H9NO5/c13-10(12-6-7-2-1-5-16-7)8-3-4-9(17-8)11(14)15/h1-5H,6H2,(H,12,13)(H,14,15). The molecule has 0 bridgehead atoms. The molecule has 1 amide bonds. The summed E-state index contributed by atoms with van der Waals surface area (Å²) in [6, 6.07) is 5.95. The molecule has 17 heavy (non-hydrogen) atoms. The predicted molar refractivity (Wildman–Crippen MR) is 55.5 cm³/mol. The lowest BCUT2D eigenvalue weighted by atomic mass is 10.4. The van der Waals surface area contributed by atoms with Gasteiger partial charge in [-0.3, -0.25) is 4.79 Å². The topological polar surface area (TPSA) is 92.7 Å². The minimum absolute atomic E-state index is 0.0473.